The van der Waals surface area contributed by atoms with Crippen molar-refractivity contribution in [1.29, 1.82) is 0 Å². The molecule has 0 aliphatic carbocycles. The normalized spacial score (nSPS) is 10.9. The Morgan fingerprint density at radius 2 is 2.11 bits per heavy atom. The molecule has 0 saturated carbocycles. The van der Waals surface area contributed by atoms with E-state index in [9.17, 15) is 15.3 Å². The van der Waals surface area contributed by atoms with Crippen LogP contribution in [-0.4, -0.2) is 10.2 Å². The zero-order chi connectivity index (χ0) is 13.7. The molecule has 9 heteroatoms. The molecule has 2 aromatic rings. The average Bonchev–Trinajstić information content (AvgIpc) is 2.74. The largest absolute Gasteiger partial charge is 0.775 e. The third-order valence-electron chi connectivity index (χ3n) is 2.37. The zero-order valence-corrected chi connectivity index (χ0v) is 9.67. The molecule has 19 heavy (non-hydrogen) atoms. The lowest BCUT2D eigenvalue weighted by Crippen LogP contribution is -2.40. The summed E-state index contributed by atoms with van der Waals surface area (Å²) in [7, 11) is 0. The maximum Gasteiger partial charge on any atom is 0.349 e. The van der Waals surface area contributed by atoms with Gasteiger partial charge >= 0.3 is 11.6 Å². The van der Waals surface area contributed by atoms with Gasteiger partial charge in [0.15, 0.2) is 0 Å². The van der Waals surface area contributed by atoms with E-state index in [2.05, 4.69) is 15.7 Å². The third-order valence-corrected chi connectivity index (χ3v) is 2.37. The van der Waals surface area contributed by atoms with Gasteiger partial charge in [-0.25, -0.2) is 5.28 Å². The number of nitrogens with zero attached hydrogens (tertiary/aromatic N) is 5. The van der Waals surface area contributed by atoms with Crippen LogP contribution in [0.5, 0.6) is 0 Å². The predicted octanol–water partition coefficient (Wildman–Crippen LogP) is 1.37. The summed E-state index contributed by atoms with van der Waals surface area (Å²) in [5.74, 6) is -0.248. The van der Waals surface area contributed by atoms with Gasteiger partial charge < -0.3 is 5.21 Å². The fourth-order valence-corrected chi connectivity index (χ4v) is 1.57. The molecule has 9 nitrogen and oxygen atoms in total. The van der Waals surface area contributed by atoms with Crippen LogP contribution in [-0.2, 0) is 13.1 Å². The SMILES string of the molecule is O=[N+]([O-])Cc1c(N=N[O-])on[n+]1Cc1ccccc1. The van der Waals surface area contributed by atoms with Crippen LogP contribution in [0.3, 0.4) is 0 Å². The van der Waals surface area contributed by atoms with E-state index >= 15 is 0 Å². The Hall–Kier alpha value is -2.84. The third kappa shape index (κ3) is 3.09. The molecule has 0 spiro atoms. The first-order valence-corrected chi connectivity index (χ1v) is 5.28. The second-order valence-corrected chi connectivity index (χ2v) is 3.64. The van der Waals surface area contributed by atoms with Crippen molar-refractivity contribution in [3.63, 3.8) is 0 Å². The zero-order valence-electron chi connectivity index (χ0n) is 9.67. The highest BCUT2D eigenvalue weighted by atomic mass is 16.6. The summed E-state index contributed by atoms with van der Waals surface area (Å²) in [6, 6.07) is 9.20. The number of rotatable bonds is 5. The van der Waals surface area contributed by atoms with E-state index in [1.54, 1.807) is 0 Å². The van der Waals surface area contributed by atoms with Crippen LogP contribution in [0.15, 0.2) is 45.2 Å². The molecule has 98 valence electrons. The molecule has 0 amide bonds. The first kappa shape index (κ1) is 12.6. The lowest BCUT2D eigenvalue weighted by molar-refractivity contribution is -0.769. The second-order valence-electron chi connectivity index (χ2n) is 3.64. The van der Waals surface area contributed by atoms with E-state index in [1.807, 2.05) is 30.3 Å². The van der Waals surface area contributed by atoms with Gasteiger partial charge in [0, 0.05) is 10.5 Å². The van der Waals surface area contributed by atoms with Crippen LogP contribution < -0.4 is 4.68 Å². The molecule has 0 N–H and O–H groups in total. The number of hydrogen-bond acceptors (Lipinski definition) is 7. The lowest BCUT2D eigenvalue weighted by atomic mass is 10.2. The highest BCUT2D eigenvalue weighted by Gasteiger charge is 2.29. The van der Waals surface area contributed by atoms with E-state index in [1.165, 1.54) is 4.68 Å². The van der Waals surface area contributed by atoms with E-state index in [0.29, 0.717) is 0 Å². The summed E-state index contributed by atoms with van der Waals surface area (Å²) in [6.45, 7) is -0.271. The van der Waals surface area contributed by atoms with E-state index in [-0.39, 0.29) is 18.1 Å². The molecule has 1 aromatic carbocycles. The van der Waals surface area contributed by atoms with Crippen molar-refractivity contribution in [2.75, 3.05) is 0 Å². The van der Waals surface area contributed by atoms with Gasteiger partial charge in [0.05, 0.1) is 0 Å². The number of aromatic nitrogens is 2. The van der Waals surface area contributed by atoms with Crippen molar-refractivity contribution in [1.82, 2.24) is 5.27 Å². The molecular formula is C10H9N5O4. The minimum absolute atomic E-state index is 0.0912. The standard InChI is InChI=1S/C10H9N5O4/c16-12-11-10-9(7-15(17)18)14(13-19-10)6-8-4-2-1-3-5-8/h1-5H,6-7H2. The van der Waals surface area contributed by atoms with Crippen molar-refractivity contribution in [3.05, 3.63) is 56.9 Å². The quantitative estimate of drug-likeness (QED) is 0.349. The molecule has 0 fully saturated rings. The van der Waals surface area contributed by atoms with Gasteiger partial charge in [0.2, 0.25) is 11.8 Å². The van der Waals surface area contributed by atoms with Crippen LogP contribution in [0.1, 0.15) is 11.3 Å². The van der Waals surface area contributed by atoms with Crippen LogP contribution >= 0.6 is 0 Å². The summed E-state index contributed by atoms with van der Waals surface area (Å²) >= 11 is 0. The van der Waals surface area contributed by atoms with E-state index < -0.39 is 11.5 Å². The van der Waals surface area contributed by atoms with Crippen LogP contribution in [0, 0.1) is 15.3 Å². The minimum Gasteiger partial charge on any atom is -0.775 e. The Morgan fingerprint density at radius 3 is 2.74 bits per heavy atom. The monoisotopic (exact) mass is 263 g/mol. The molecule has 1 aromatic heterocycles. The van der Waals surface area contributed by atoms with E-state index in [4.69, 9.17) is 4.52 Å². The molecule has 0 aliphatic heterocycles. The lowest BCUT2D eigenvalue weighted by Gasteiger charge is -1.93. The predicted molar refractivity (Wildman–Crippen MR) is 60.8 cm³/mol. The molecule has 0 bridgehead atoms. The van der Waals surface area contributed by atoms with Gasteiger partial charge in [-0.05, 0) is 4.68 Å². The van der Waals surface area contributed by atoms with Gasteiger partial charge in [-0.3, -0.25) is 14.6 Å². The summed E-state index contributed by atoms with van der Waals surface area (Å²) in [4.78, 5) is 10.0. The van der Waals surface area contributed by atoms with Crippen LogP contribution in [0.4, 0.5) is 5.88 Å². The molecule has 0 atom stereocenters. The maximum atomic E-state index is 10.6. The first-order valence-electron chi connectivity index (χ1n) is 5.28. The fraction of sp³-hybridized carbons (Fsp3) is 0.200. The Balaban J connectivity index is 2.31. The number of hydrogen-bond donors (Lipinski definition) is 0. The molecular weight excluding hydrogens is 254 g/mol. The topological polar surface area (TPSA) is 121 Å². The average molecular weight is 263 g/mol. The highest BCUT2D eigenvalue weighted by molar-refractivity contribution is 5.22. The number of benzene rings is 1. The van der Waals surface area contributed by atoms with Gasteiger partial charge in [0.1, 0.15) is 0 Å². The van der Waals surface area contributed by atoms with Crippen molar-refractivity contribution in [2.24, 2.45) is 10.4 Å². The number of nitro groups is 1. The van der Waals surface area contributed by atoms with Crippen LogP contribution in [0.25, 0.3) is 0 Å². The highest BCUT2D eigenvalue weighted by Crippen LogP contribution is 2.16. The maximum absolute atomic E-state index is 10.6. The van der Waals surface area contributed by atoms with Crippen LogP contribution in [0.2, 0.25) is 0 Å². The summed E-state index contributed by atoms with van der Waals surface area (Å²) in [5.41, 5.74) is 0.976. The molecule has 2 rings (SSSR count). The molecule has 0 aliphatic rings. The Bertz CT molecular complexity index is 595. The van der Waals surface area contributed by atoms with Crippen molar-refractivity contribution >= 4 is 5.88 Å². The van der Waals surface area contributed by atoms with Gasteiger partial charge in [-0.1, -0.05) is 30.3 Å². The van der Waals surface area contributed by atoms with Crippen molar-refractivity contribution in [2.45, 2.75) is 13.1 Å². The first-order chi connectivity index (χ1) is 9.20. The summed E-state index contributed by atoms with van der Waals surface area (Å²) < 4.78 is 6.04. The second kappa shape index (κ2) is 5.67. The Morgan fingerprint density at radius 1 is 1.37 bits per heavy atom. The van der Waals surface area contributed by atoms with Crippen molar-refractivity contribution < 1.29 is 14.1 Å². The summed E-state index contributed by atoms with van der Waals surface area (Å²) in [6.07, 6.45) is 0. The Kier molecular flexibility index (Phi) is 3.76. The summed E-state index contributed by atoms with van der Waals surface area (Å²) in [5, 5.41) is 29.8. The molecule has 0 radical (unpaired) electrons. The molecule has 0 unspecified atom stereocenters. The smallest absolute Gasteiger partial charge is 0.349 e. The van der Waals surface area contributed by atoms with Gasteiger partial charge in [-0.15, -0.1) is 5.11 Å². The van der Waals surface area contributed by atoms with Gasteiger partial charge in [-0.2, -0.15) is 0 Å². The van der Waals surface area contributed by atoms with E-state index in [0.717, 1.165) is 5.56 Å². The van der Waals surface area contributed by atoms with Crippen molar-refractivity contribution in [3.8, 4) is 0 Å². The van der Waals surface area contributed by atoms with Gasteiger partial charge in [0.25, 0.3) is 6.54 Å². The molecule has 0 saturated heterocycles. The molecule has 1 heterocycles. The fourth-order valence-electron chi connectivity index (χ4n) is 1.57. The Labute approximate surface area is 106 Å². The minimum atomic E-state index is -0.558.